The summed E-state index contributed by atoms with van der Waals surface area (Å²) in [5, 5.41) is 0. The number of para-hydroxylation sites is 1. The molecule has 0 aromatic heterocycles. The Kier molecular flexibility index (Phi) is 4.04. The van der Waals surface area contributed by atoms with Gasteiger partial charge in [-0.15, -0.1) is 0 Å². The van der Waals surface area contributed by atoms with Crippen molar-refractivity contribution >= 4 is 5.69 Å². The number of nitrogens with two attached hydrogens (primary N) is 1. The van der Waals surface area contributed by atoms with Crippen molar-refractivity contribution in [2.75, 3.05) is 18.9 Å². The average molecular weight is 260 g/mol. The smallest absolute Gasteiger partial charge is 0.0702 e. The number of nitrogens with zero attached hydrogens (tertiary/aromatic N) is 1. The van der Waals surface area contributed by atoms with Crippen LogP contribution in [-0.2, 0) is 11.3 Å². The van der Waals surface area contributed by atoms with E-state index in [0.717, 1.165) is 31.4 Å². The molecule has 2 aliphatic rings. The van der Waals surface area contributed by atoms with E-state index in [1.807, 2.05) is 12.1 Å². The largest absolute Gasteiger partial charge is 0.398 e. The summed E-state index contributed by atoms with van der Waals surface area (Å²) < 4.78 is 5.88. The minimum absolute atomic E-state index is 0.430. The second kappa shape index (κ2) is 5.93. The van der Waals surface area contributed by atoms with E-state index >= 15 is 0 Å². The minimum atomic E-state index is 0.430. The molecule has 0 amide bonds. The Morgan fingerprint density at radius 1 is 1.16 bits per heavy atom. The van der Waals surface area contributed by atoms with Crippen molar-refractivity contribution < 1.29 is 4.74 Å². The summed E-state index contributed by atoms with van der Waals surface area (Å²) in [6.45, 7) is 2.98. The zero-order valence-electron chi connectivity index (χ0n) is 11.6. The third kappa shape index (κ3) is 3.48. The molecular formula is C16H24N2O. The standard InChI is InChI=1S/C16H24N2O/c17-16-7-2-1-5-13(16)11-18(14-8-9-14)12-15-6-3-4-10-19-15/h1-2,5,7,14-15H,3-4,6,8-12,17H2. The Morgan fingerprint density at radius 3 is 2.68 bits per heavy atom. The molecule has 1 saturated carbocycles. The summed E-state index contributed by atoms with van der Waals surface area (Å²) in [5.74, 6) is 0. The number of anilines is 1. The van der Waals surface area contributed by atoms with E-state index in [0.29, 0.717) is 6.10 Å². The fourth-order valence-corrected chi connectivity index (χ4v) is 2.89. The van der Waals surface area contributed by atoms with Gasteiger partial charge in [0.2, 0.25) is 0 Å². The van der Waals surface area contributed by atoms with Crippen molar-refractivity contribution in [3.05, 3.63) is 29.8 Å². The monoisotopic (exact) mass is 260 g/mol. The number of rotatable bonds is 5. The summed E-state index contributed by atoms with van der Waals surface area (Å²) in [5.41, 5.74) is 8.23. The topological polar surface area (TPSA) is 38.5 Å². The number of benzene rings is 1. The van der Waals surface area contributed by atoms with Gasteiger partial charge in [0.15, 0.2) is 0 Å². The maximum atomic E-state index is 6.06. The van der Waals surface area contributed by atoms with E-state index in [4.69, 9.17) is 10.5 Å². The van der Waals surface area contributed by atoms with Crippen molar-refractivity contribution in [2.45, 2.75) is 50.8 Å². The van der Waals surface area contributed by atoms with Gasteiger partial charge in [0.05, 0.1) is 6.10 Å². The van der Waals surface area contributed by atoms with Crippen LogP contribution in [0.25, 0.3) is 0 Å². The minimum Gasteiger partial charge on any atom is -0.398 e. The van der Waals surface area contributed by atoms with Gasteiger partial charge >= 0.3 is 0 Å². The molecule has 3 heteroatoms. The summed E-state index contributed by atoms with van der Waals surface area (Å²) in [7, 11) is 0. The normalized spacial score (nSPS) is 23.7. The zero-order chi connectivity index (χ0) is 13.1. The second-order valence-electron chi connectivity index (χ2n) is 5.85. The van der Waals surface area contributed by atoms with E-state index in [9.17, 15) is 0 Å². The number of hydrogen-bond donors (Lipinski definition) is 1. The van der Waals surface area contributed by atoms with Crippen LogP contribution < -0.4 is 5.73 Å². The van der Waals surface area contributed by atoms with Gasteiger partial charge in [-0.3, -0.25) is 4.90 Å². The first-order chi connectivity index (χ1) is 9.33. The highest BCUT2D eigenvalue weighted by Crippen LogP contribution is 2.30. The third-order valence-electron chi connectivity index (χ3n) is 4.20. The molecule has 0 bridgehead atoms. The molecule has 1 saturated heterocycles. The highest BCUT2D eigenvalue weighted by Gasteiger charge is 2.31. The van der Waals surface area contributed by atoms with Gasteiger partial charge in [-0.05, 0) is 43.7 Å². The van der Waals surface area contributed by atoms with Gasteiger partial charge in [0.25, 0.3) is 0 Å². The predicted octanol–water partition coefficient (Wildman–Crippen LogP) is 2.80. The quantitative estimate of drug-likeness (QED) is 0.827. The first-order valence-corrected chi connectivity index (χ1v) is 7.52. The van der Waals surface area contributed by atoms with Crippen LogP contribution in [0.2, 0.25) is 0 Å². The van der Waals surface area contributed by atoms with E-state index in [-0.39, 0.29) is 0 Å². The molecule has 3 nitrogen and oxygen atoms in total. The van der Waals surface area contributed by atoms with Crippen molar-refractivity contribution in [1.29, 1.82) is 0 Å². The van der Waals surface area contributed by atoms with Crippen molar-refractivity contribution in [3.63, 3.8) is 0 Å². The SMILES string of the molecule is Nc1ccccc1CN(CC1CCCCO1)C1CC1. The van der Waals surface area contributed by atoms with E-state index in [1.54, 1.807) is 0 Å². The molecule has 0 radical (unpaired) electrons. The maximum absolute atomic E-state index is 6.06. The fourth-order valence-electron chi connectivity index (χ4n) is 2.89. The van der Waals surface area contributed by atoms with E-state index in [1.165, 1.54) is 37.7 Å². The van der Waals surface area contributed by atoms with Crippen LogP contribution in [0.1, 0.15) is 37.7 Å². The Bertz CT molecular complexity index is 411. The van der Waals surface area contributed by atoms with Gasteiger partial charge in [0, 0.05) is 31.4 Å². The Labute approximate surface area is 115 Å². The summed E-state index contributed by atoms with van der Waals surface area (Å²) in [6, 6.07) is 8.98. The van der Waals surface area contributed by atoms with Crippen LogP contribution >= 0.6 is 0 Å². The van der Waals surface area contributed by atoms with Crippen LogP contribution in [0.3, 0.4) is 0 Å². The molecule has 2 N–H and O–H groups in total. The van der Waals surface area contributed by atoms with E-state index < -0.39 is 0 Å². The zero-order valence-corrected chi connectivity index (χ0v) is 11.6. The molecule has 3 rings (SSSR count). The van der Waals surface area contributed by atoms with Crippen LogP contribution in [0.5, 0.6) is 0 Å². The van der Waals surface area contributed by atoms with Crippen molar-refractivity contribution in [2.24, 2.45) is 0 Å². The van der Waals surface area contributed by atoms with Gasteiger partial charge < -0.3 is 10.5 Å². The van der Waals surface area contributed by atoms with Crippen LogP contribution in [-0.4, -0.2) is 30.2 Å². The first kappa shape index (κ1) is 12.9. The maximum Gasteiger partial charge on any atom is 0.0702 e. The molecular weight excluding hydrogens is 236 g/mol. The molecule has 1 atom stereocenters. The molecule has 0 spiro atoms. The van der Waals surface area contributed by atoms with Crippen LogP contribution in [0.15, 0.2) is 24.3 Å². The first-order valence-electron chi connectivity index (χ1n) is 7.52. The Balaban J connectivity index is 1.62. The molecule has 1 heterocycles. The summed E-state index contributed by atoms with van der Waals surface area (Å²) in [6.07, 6.45) is 6.86. The number of nitrogen functional groups attached to an aromatic ring is 1. The molecule has 1 aliphatic heterocycles. The number of ether oxygens (including phenoxy) is 1. The summed E-state index contributed by atoms with van der Waals surface area (Å²) >= 11 is 0. The van der Waals surface area contributed by atoms with Crippen molar-refractivity contribution in [3.8, 4) is 0 Å². The fraction of sp³-hybridized carbons (Fsp3) is 0.625. The third-order valence-corrected chi connectivity index (χ3v) is 4.20. The molecule has 1 aromatic carbocycles. The highest BCUT2D eigenvalue weighted by atomic mass is 16.5. The van der Waals surface area contributed by atoms with Crippen molar-refractivity contribution in [1.82, 2.24) is 4.90 Å². The highest BCUT2D eigenvalue weighted by molar-refractivity contribution is 5.46. The van der Waals surface area contributed by atoms with Crippen LogP contribution in [0.4, 0.5) is 5.69 Å². The molecule has 1 aliphatic carbocycles. The van der Waals surface area contributed by atoms with Gasteiger partial charge in [-0.2, -0.15) is 0 Å². The lowest BCUT2D eigenvalue weighted by Gasteiger charge is -2.30. The Morgan fingerprint density at radius 2 is 2.00 bits per heavy atom. The lowest BCUT2D eigenvalue weighted by Crippen LogP contribution is -2.37. The molecule has 2 fully saturated rings. The van der Waals surface area contributed by atoms with E-state index in [2.05, 4.69) is 17.0 Å². The van der Waals surface area contributed by atoms with Gasteiger partial charge in [-0.1, -0.05) is 18.2 Å². The molecule has 19 heavy (non-hydrogen) atoms. The lowest BCUT2D eigenvalue weighted by molar-refractivity contribution is -0.00876. The molecule has 1 unspecified atom stereocenters. The van der Waals surface area contributed by atoms with Crippen LogP contribution in [0, 0.1) is 0 Å². The average Bonchev–Trinajstić information content (AvgIpc) is 3.26. The predicted molar refractivity (Wildman–Crippen MR) is 77.9 cm³/mol. The second-order valence-corrected chi connectivity index (χ2v) is 5.85. The number of hydrogen-bond acceptors (Lipinski definition) is 3. The molecule has 104 valence electrons. The van der Waals surface area contributed by atoms with Gasteiger partial charge in [0.1, 0.15) is 0 Å². The van der Waals surface area contributed by atoms with Gasteiger partial charge in [-0.25, -0.2) is 0 Å². The molecule has 1 aromatic rings. The Hall–Kier alpha value is -1.06. The summed E-state index contributed by atoms with van der Waals surface area (Å²) in [4.78, 5) is 2.57. The lowest BCUT2D eigenvalue weighted by atomic mass is 10.1.